The van der Waals surface area contributed by atoms with E-state index in [1.807, 2.05) is 50.6 Å². The van der Waals surface area contributed by atoms with Crippen LogP contribution in [0.4, 0.5) is 34.5 Å². The smallest absolute Gasteiger partial charge is 0.229 e. The number of anilines is 6. The first-order valence-electron chi connectivity index (χ1n) is 14.2. The Morgan fingerprint density at radius 3 is 2.56 bits per heavy atom. The molecule has 1 aliphatic rings. The molecule has 0 radical (unpaired) electrons. The third-order valence-electron chi connectivity index (χ3n) is 7.64. The fraction of sp³-hybridized carbons (Fsp3) is 0.300. The van der Waals surface area contributed by atoms with Crippen LogP contribution in [-0.4, -0.2) is 71.1 Å². The van der Waals surface area contributed by atoms with Crippen LogP contribution in [0.3, 0.4) is 0 Å². The Morgan fingerprint density at radius 1 is 1.07 bits per heavy atom. The standard InChI is InChI=1S/C30H33BrN10O3S/c1-30(42)7-11-41(12-8-30)24-14-25(44-3)23(13-19(24)18-15-35-40(2)17-18)37-29-34-16-20(31)28(38-29)36-22-6-5-21-26(33-10-9-32-21)27(22)39-45(4)43/h5-6,9-10,13-17,39,42H,7-8,11-12H2,1-4H3,(H2,34,36,37,38). The van der Waals surface area contributed by atoms with Crippen LogP contribution in [0.25, 0.3) is 22.2 Å². The zero-order valence-corrected chi connectivity index (χ0v) is 27.6. The van der Waals surface area contributed by atoms with Crippen molar-refractivity contribution in [2.45, 2.75) is 25.4 Å². The van der Waals surface area contributed by atoms with E-state index >= 15 is 0 Å². The van der Waals surface area contributed by atoms with Crippen LogP contribution < -0.4 is 25.0 Å². The molecular weight excluding hydrogens is 660 g/mol. The summed E-state index contributed by atoms with van der Waals surface area (Å²) in [6, 6.07) is 7.67. The Labute approximate surface area is 271 Å². The second-order valence-corrected chi connectivity index (χ2v) is 13.0. The largest absolute Gasteiger partial charge is 0.494 e. The maximum atomic E-state index is 12.2. The molecule has 5 aromatic rings. The highest BCUT2D eigenvalue weighted by molar-refractivity contribution is 9.10. The Morgan fingerprint density at radius 2 is 1.84 bits per heavy atom. The third-order valence-corrected chi connectivity index (χ3v) is 8.72. The molecule has 1 aliphatic heterocycles. The Hall–Kier alpha value is -4.34. The molecule has 234 valence electrons. The molecule has 1 fully saturated rings. The molecule has 13 nitrogen and oxygen atoms in total. The van der Waals surface area contributed by atoms with Crippen LogP contribution in [0, 0.1) is 0 Å². The maximum Gasteiger partial charge on any atom is 0.229 e. The minimum absolute atomic E-state index is 0.326. The summed E-state index contributed by atoms with van der Waals surface area (Å²) in [5.74, 6) is 1.41. The molecule has 45 heavy (non-hydrogen) atoms. The summed E-state index contributed by atoms with van der Waals surface area (Å²) in [4.78, 5) is 20.3. The molecular formula is C30H33BrN10O3S. The van der Waals surface area contributed by atoms with E-state index in [-0.39, 0.29) is 0 Å². The van der Waals surface area contributed by atoms with E-state index in [9.17, 15) is 9.32 Å². The first kappa shape index (κ1) is 30.7. The number of nitrogens with one attached hydrogen (secondary N) is 3. The highest BCUT2D eigenvalue weighted by atomic mass is 79.9. The molecule has 0 aliphatic carbocycles. The summed E-state index contributed by atoms with van der Waals surface area (Å²) in [5, 5.41) is 21.6. The number of halogens is 1. The molecule has 0 amide bonds. The molecule has 3 aromatic heterocycles. The zero-order valence-electron chi connectivity index (χ0n) is 25.2. The van der Waals surface area contributed by atoms with Gasteiger partial charge < -0.3 is 30.1 Å². The first-order chi connectivity index (χ1) is 21.6. The fourth-order valence-corrected chi connectivity index (χ4v) is 6.05. The quantitative estimate of drug-likeness (QED) is 0.162. The van der Waals surface area contributed by atoms with Crippen LogP contribution in [0.1, 0.15) is 19.8 Å². The second-order valence-electron chi connectivity index (χ2n) is 11.1. The molecule has 1 atom stereocenters. The number of benzene rings is 2. The van der Waals surface area contributed by atoms with Gasteiger partial charge in [0.05, 0.1) is 46.0 Å². The van der Waals surface area contributed by atoms with Crippen molar-refractivity contribution in [3.63, 3.8) is 0 Å². The average Bonchev–Trinajstić information content (AvgIpc) is 3.45. The van der Waals surface area contributed by atoms with Gasteiger partial charge in [0.25, 0.3) is 0 Å². The monoisotopic (exact) mass is 692 g/mol. The van der Waals surface area contributed by atoms with E-state index in [2.05, 4.69) is 56.2 Å². The topological polar surface area (TPSA) is 155 Å². The number of nitrogens with zero attached hydrogens (tertiary/aromatic N) is 7. The van der Waals surface area contributed by atoms with Gasteiger partial charge in [-0.15, -0.1) is 0 Å². The molecule has 0 saturated carbocycles. The first-order valence-corrected chi connectivity index (χ1v) is 16.5. The van der Waals surface area contributed by atoms with Crippen molar-refractivity contribution < 1.29 is 14.1 Å². The number of aliphatic hydroxyl groups is 1. The predicted octanol–water partition coefficient (Wildman–Crippen LogP) is 5.14. The lowest BCUT2D eigenvalue weighted by Gasteiger charge is -2.38. The van der Waals surface area contributed by atoms with E-state index in [0.29, 0.717) is 76.0 Å². The number of aromatic nitrogens is 6. The molecule has 15 heteroatoms. The molecule has 2 aromatic carbocycles. The molecule has 4 N–H and O–H groups in total. The van der Waals surface area contributed by atoms with Gasteiger partial charge in [-0.2, -0.15) is 10.1 Å². The van der Waals surface area contributed by atoms with Gasteiger partial charge in [-0.1, -0.05) is 0 Å². The zero-order chi connectivity index (χ0) is 31.7. The molecule has 0 bridgehead atoms. The number of aryl methyl sites for hydroxylation is 1. The summed E-state index contributed by atoms with van der Waals surface area (Å²) in [6.07, 6.45) is 11.5. The second kappa shape index (κ2) is 12.6. The predicted molar refractivity (Wildman–Crippen MR) is 181 cm³/mol. The third kappa shape index (κ3) is 6.70. The molecule has 0 spiro atoms. The summed E-state index contributed by atoms with van der Waals surface area (Å²) in [6.45, 7) is 3.31. The maximum absolute atomic E-state index is 12.2. The van der Waals surface area contributed by atoms with Gasteiger partial charge in [-0.3, -0.25) is 14.6 Å². The van der Waals surface area contributed by atoms with E-state index < -0.39 is 16.6 Å². The summed E-state index contributed by atoms with van der Waals surface area (Å²) in [5.41, 5.74) is 5.29. The van der Waals surface area contributed by atoms with E-state index in [1.54, 1.807) is 36.6 Å². The van der Waals surface area contributed by atoms with Crippen LogP contribution in [-0.2, 0) is 18.0 Å². The van der Waals surface area contributed by atoms with Gasteiger partial charge >= 0.3 is 0 Å². The molecule has 4 heterocycles. The van der Waals surface area contributed by atoms with Gasteiger partial charge in [-0.05, 0) is 53.9 Å². The van der Waals surface area contributed by atoms with Crippen molar-refractivity contribution in [2.75, 3.05) is 46.7 Å². The van der Waals surface area contributed by atoms with Gasteiger partial charge in [0.1, 0.15) is 28.1 Å². The Bertz CT molecular complexity index is 1890. The highest BCUT2D eigenvalue weighted by Gasteiger charge is 2.29. The van der Waals surface area contributed by atoms with Gasteiger partial charge in [-0.25, -0.2) is 9.19 Å². The van der Waals surface area contributed by atoms with Crippen molar-refractivity contribution in [2.24, 2.45) is 7.05 Å². The van der Waals surface area contributed by atoms with E-state index in [4.69, 9.17) is 9.72 Å². The molecule has 1 unspecified atom stereocenters. The molecule has 6 rings (SSSR count). The lowest BCUT2D eigenvalue weighted by atomic mass is 9.92. The van der Waals surface area contributed by atoms with Crippen LogP contribution in [0.15, 0.2) is 59.7 Å². The van der Waals surface area contributed by atoms with Crippen LogP contribution in [0.2, 0.25) is 0 Å². The fourth-order valence-electron chi connectivity index (χ4n) is 5.27. The summed E-state index contributed by atoms with van der Waals surface area (Å²) >= 11 is 3.55. The van der Waals surface area contributed by atoms with Crippen molar-refractivity contribution in [1.29, 1.82) is 0 Å². The number of fused-ring (bicyclic) bond motifs is 1. The highest BCUT2D eigenvalue weighted by Crippen LogP contribution is 2.42. The van der Waals surface area contributed by atoms with Crippen molar-refractivity contribution in [3.8, 4) is 16.9 Å². The van der Waals surface area contributed by atoms with Gasteiger partial charge in [0.15, 0.2) is 0 Å². The van der Waals surface area contributed by atoms with Gasteiger partial charge in [0.2, 0.25) is 5.95 Å². The minimum Gasteiger partial charge on any atom is -0.494 e. The van der Waals surface area contributed by atoms with Crippen LogP contribution in [0.5, 0.6) is 5.75 Å². The normalized spacial score (nSPS) is 15.1. The van der Waals surface area contributed by atoms with Crippen LogP contribution >= 0.6 is 15.9 Å². The Kier molecular flexibility index (Phi) is 8.57. The lowest BCUT2D eigenvalue weighted by Crippen LogP contribution is -2.42. The van der Waals surface area contributed by atoms with E-state index in [1.165, 1.54) is 0 Å². The summed E-state index contributed by atoms with van der Waals surface area (Å²) in [7, 11) is 2.15. The number of methoxy groups -OCH3 is 1. The summed E-state index contributed by atoms with van der Waals surface area (Å²) < 4.78 is 23.4. The lowest BCUT2D eigenvalue weighted by molar-refractivity contribution is 0.0351. The van der Waals surface area contributed by atoms with Gasteiger partial charge in [0, 0.05) is 74.1 Å². The van der Waals surface area contributed by atoms with Crippen molar-refractivity contribution in [1.82, 2.24) is 29.7 Å². The minimum atomic E-state index is -1.36. The number of hydrogen-bond donors (Lipinski definition) is 4. The molecule has 1 saturated heterocycles. The van der Waals surface area contributed by atoms with Crippen molar-refractivity contribution in [3.05, 3.63) is 59.7 Å². The Balaban J connectivity index is 1.36. The number of hydrogen-bond acceptors (Lipinski definition) is 11. The number of piperidine rings is 1. The SMILES string of the molecule is COc1cc(N2CCC(C)(O)CC2)c(-c2cnn(C)c2)cc1Nc1ncc(Br)c(Nc2ccc3nccnc3c2NS(C)=O)n1. The number of ether oxygens (including phenoxy) is 1. The van der Waals surface area contributed by atoms with E-state index in [0.717, 1.165) is 16.8 Å². The number of rotatable bonds is 9. The average molecular weight is 694 g/mol. The van der Waals surface area contributed by atoms with Crippen molar-refractivity contribution >= 4 is 72.5 Å².